The molecule has 0 bridgehead atoms. The number of nitrogens with zero attached hydrogens (tertiary/aromatic N) is 4. The molecule has 0 unspecified atom stereocenters. The molecule has 7 heteroatoms. The van der Waals surface area contributed by atoms with E-state index in [-0.39, 0.29) is 5.91 Å². The number of aryl methyl sites for hydroxylation is 1. The van der Waals surface area contributed by atoms with Gasteiger partial charge in [0.15, 0.2) is 0 Å². The van der Waals surface area contributed by atoms with E-state index in [1.165, 1.54) is 0 Å². The highest BCUT2D eigenvalue weighted by Crippen LogP contribution is 2.24. The Labute approximate surface area is 151 Å². The molecule has 1 aliphatic rings. The molecule has 1 aromatic carbocycles. The van der Waals surface area contributed by atoms with E-state index >= 15 is 0 Å². The molecule has 1 fully saturated rings. The van der Waals surface area contributed by atoms with E-state index in [1.807, 2.05) is 47.0 Å². The summed E-state index contributed by atoms with van der Waals surface area (Å²) in [6.45, 7) is 4.69. The van der Waals surface area contributed by atoms with Crippen LogP contribution in [0.3, 0.4) is 0 Å². The summed E-state index contributed by atoms with van der Waals surface area (Å²) in [5, 5.41) is 9.11. The van der Waals surface area contributed by atoms with Crippen LogP contribution < -0.4 is 5.73 Å². The predicted octanol–water partition coefficient (Wildman–Crippen LogP) is 2.34. The number of likely N-dealkylation sites (tertiary alicyclic amines) is 1. The molecule has 1 aliphatic heterocycles. The highest BCUT2D eigenvalue weighted by molar-refractivity contribution is 5.97. The van der Waals surface area contributed by atoms with Crippen LogP contribution in [0.4, 0.5) is 0 Å². The van der Waals surface area contributed by atoms with Gasteiger partial charge in [0.1, 0.15) is 11.3 Å². The maximum atomic E-state index is 12.8. The fourth-order valence-electron chi connectivity index (χ4n) is 3.60. The van der Waals surface area contributed by atoms with Gasteiger partial charge in [-0.3, -0.25) is 9.48 Å². The van der Waals surface area contributed by atoms with Gasteiger partial charge in [-0.1, -0.05) is 5.21 Å². The third kappa shape index (κ3) is 3.35. The van der Waals surface area contributed by atoms with Crippen LogP contribution in [0, 0.1) is 12.8 Å². The summed E-state index contributed by atoms with van der Waals surface area (Å²) in [5.41, 5.74) is 7.93. The Bertz CT molecular complexity index is 921. The Morgan fingerprint density at radius 2 is 2.12 bits per heavy atom. The normalized spacial score (nSPS) is 15.7. The highest BCUT2D eigenvalue weighted by atomic mass is 16.3. The predicted molar refractivity (Wildman–Crippen MR) is 97.5 cm³/mol. The lowest BCUT2D eigenvalue weighted by Gasteiger charge is -2.32. The second-order valence-electron chi connectivity index (χ2n) is 6.98. The van der Waals surface area contributed by atoms with E-state index in [2.05, 4.69) is 10.3 Å². The van der Waals surface area contributed by atoms with Crippen LogP contribution in [0.15, 0.2) is 34.9 Å². The Balaban J connectivity index is 1.37. The first kappa shape index (κ1) is 16.8. The third-order valence-electron chi connectivity index (χ3n) is 5.03. The Morgan fingerprint density at radius 1 is 1.31 bits per heavy atom. The fraction of sp³-hybridized carbons (Fsp3) is 0.421. The summed E-state index contributed by atoms with van der Waals surface area (Å²) in [4.78, 5) is 14.8. The van der Waals surface area contributed by atoms with Crippen molar-refractivity contribution in [3.05, 3.63) is 47.5 Å². The maximum absolute atomic E-state index is 12.8. The minimum Gasteiger partial charge on any atom is -0.461 e. The number of benzene rings is 1. The van der Waals surface area contributed by atoms with Gasteiger partial charge in [-0.05, 0) is 49.9 Å². The highest BCUT2D eigenvalue weighted by Gasteiger charge is 2.24. The minimum absolute atomic E-state index is 0.0929. The van der Waals surface area contributed by atoms with Crippen LogP contribution >= 0.6 is 0 Å². The van der Waals surface area contributed by atoms with Crippen molar-refractivity contribution < 1.29 is 9.21 Å². The first-order valence-corrected chi connectivity index (χ1v) is 9.01. The van der Waals surface area contributed by atoms with Crippen molar-refractivity contribution in [2.24, 2.45) is 11.7 Å². The summed E-state index contributed by atoms with van der Waals surface area (Å²) in [5.74, 6) is 1.46. The Hall–Kier alpha value is -2.67. The number of piperidine rings is 1. The van der Waals surface area contributed by atoms with Crippen molar-refractivity contribution in [1.29, 1.82) is 0 Å². The van der Waals surface area contributed by atoms with Gasteiger partial charge in [0.2, 0.25) is 0 Å². The van der Waals surface area contributed by atoms with E-state index < -0.39 is 0 Å². The number of carbonyl (C=O) groups excluding carboxylic acids is 1. The number of amides is 1. The lowest BCUT2D eigenvalue weighted by molar-refractivity contribution is 0.0681. The molecule has 136 valence electrons. The van der Waals surface area contributed by atoms with Gasteiger partial charge in [0.05, 0.1) is 5.69 Å². The second kappa shape index (κ2) is 6.92. The summed E-state index contributed by atoms with van der Waals surface area (Å²) >= 11 is 0. The molecule has 1 amide bonds. The quantitative estimate of drug-likeness (QED) is 0.777. The molecule has 3 aromatic rings. The number of carbonyl (C=O) groups is 1. The molecule has 7 nitrogen and oxygen atoms in total. The summed E-state index contributed by atoms with van der Waals surface area (Å²) in [6, 6.07) is 7.61. The molecule has 26 heavy (non-hydrogen) atoms. The van der Waals surface area contributed by atoms with Crippen molar-refractivity contribution in [1.82, 2.24) is 19.9 Å². The van der Waals surface area contributed by atoms with Crippen molar-refractivity contribution in [2.75, 3.05) is 13.1 Å². The average Bonchev–Trinajstić information content (AvgIpc) is 3.26. The van der Waals surface area contributed by atoms with E-state index in [4.69, 9.17) is 10.2 Å². The molecule has 4 rings (SSSR count). The molecule has 1 saturated heterocycles. The molecule has 0 radical (unpaired) electrons. The van der Waals surface area contributed by atoms with E-state index in [9.17, 15) is 4.79 Å². The molecule has 0 saturated carbocycles. The third-order valence-corrected chi connectivity index (χ3v) is 5.03. The number of fused-ring (bicyclic) bond motifs is 1. The largest absolute Gasteiger partial charge is 0.461 e. The van der Waals surface area contributed by atoms with Gasteiger partial charge in [0, 0.05) is 43.3 Å². The smallest absolute Gasteiger partial charge is 0.253 e. The van der Waals surface area contributed by atoms with Crippen LogP contribution in [0.5, 0.6) is 0 Å². The summed E-state index contributed by atoms with van der Waals surface area (Å²) in [6.07, 6.45) is 3.84. The molecule has 0 atom stereocenters. The van der Waals surface area contributed by atoms with E-state index in [1.54, 1.807) is 0 Å². The molecule has 2 N–H and O–H groups in total. The molecular formula is C19H23N5O2. The SMILES string of the molecule is Cc1cc2cc(C(=O)N3CCC(Cn4cc(CN)nn4)CC3)ccc2o1. The van der Waals surface area contributed by atoms with Crippen LogP contribution in [-0.4, -0.2) is 38.9 Å². The van der Waals surface area contributed by atoms with E-state index in [0.717, 1.165) is 60.5 Å². The van der Waals surface area contributed by atoms with Crippen LogP contribution in [0.1, 0.15) is 34.7 Å². The number of furan rings is 1. The second-order valence-corrected chi connectivity index (χ2v) is 6.98. The molecular weight excluding hydrogens is 330 g/mol. The Kier molecular flexibility index (Phi) is 4.46. The molecule has 2 aromatic heterocycles. The van der Waals surface area contributed by atoms with Crippen LogP contribution in [0.25, 0.3) is 11.0 Å². The monoisotopic (exact) mass is 353 g/mol. The number of aromatic nitrogens is 3. The van der Waals surface area contributed by atoms with Gasteiger partial charge in [-0.25, -0.2) is 0 Å². The lowest BCUT2D eigenvalue weighted by atomic mass is 9.96. The zero-order valence-electron chi connectivity index (χ0n) is 14.9. The van der Waals surface area contributed by atoms with Gasteiger partial charge in [-0.2, -0.15) is 0 Å². The maximum Gasteiger partial charge on any atom is 0.253 e. The summed E-state index contributed by atoms with van der Waals surface area (Å²) in [7, 11) is 0. The first-order chi connectivity index (χ1) is 12.6. The van der Waals surface area contributed by atoms with Gasteiger partial charge < -0.3 is 15.1 Å². The number of hydrogen-bond donors (Lipinski definition) is 1. The topological polar surface area (TPSA) is 90.2 Å². The molecule has 0 spiro atoms. The Morgan fingerprint density at radius 3 is 2.85 bits per heavy atom. The molecule has 3 heterocycles. The van der Waals surface area contributed by atoms with Crippen LogP contribution in [-0.2, 0) is 13.1 Å². The number of rotatable bonds is 4. The van der Waals surface area contributed by atoms with E-state index in [0.29, 0.717) is 12.5 Å². The summed E-state index contributed by atoms with van der Waals surface area (Å²) < 4.78 is 7.44. The lowest BCUT2D eigenvalue weighted by Crippen LogP contribution is -2.39. The zero-order chi connectivity index (χ0) is 18.1. The average molecular weight is 353 g/mol. The number of nitrogens with two attached hydrogens (primary N) is 1. The first-order valence-electron chi connectivity index (χ1n) is 9.01. The van der Waals surface area contributed by atoms with Gasteiger partial charge in [-0.15, -0.1) is 5.10 Å². The fourth-order valence-corrected chi connectivity index (χ4v) is 3.60. The van der Waals surface area contributed by atoms with Gasteiger partial charge in [0.25, 0.3) is 5.91 Å². The number of hydrogen-bond acceptors (Lipinski definition) is 5. The zero-order valence-corrected chi connectivity index (χ0v) is 14.9. The van der Waals surface area contributed by atoms with Crippen molar-refractivity contribution in [3.63, 3.8) is 0 Å². The van der Waals surface area contributed by atoms with Gasteiger partial charge >= 0.3 is 0 Å². The minimum atomic E-state index is 0.0929. The standard InChI is InChI=1S/C19H23N5O2/c1-13-8-16-9-15(2-3-18(16)26-13)19(25)23-6-4-14(5-7-23)11-24-12-17(10-20)21-22-24/h2-3,8-9,12,14H,4-7,10-11,20H2,1H3. The molecule has 0 aliphatic carbocycles. The van der Waals surface area contributed by atoms with Crippen molar-refractivity contribution >= 4 is 16.9 Å². The van der Waals surface area contributed by atoms with Crippen molar-refractivity contribution in [2.45, 2.75) is 32.9 Å². The van der Waals surface area contributed by atoms with Crippen LogP contribution in [0.2, 0.25) is 0 Å². The van der Waals surface area contributed by atoms with Crippen molar-refractivity contribution in [3.8, 4) is 0 Å².